The van der Waals surface area contributed by atoms with E-state index in [4.69, 9.17) is 4.42 Å². The van der Waals surface area contributed by atoms with Gasteiger partial charge in [-0.2, -0.15) is 0 Å². The predicted octanol–water partition coefficient (Wildman–Crippen LogP) is 1.73. The van der Waals surface area contributed by atoms with Gasteiger partial charge in [0.15, 0.2) is 0 Å². The van der Waals surface area contributed by atoms with Gasteiger partial charge < -0.3 is 14.4 Å². The van der Waals surface area contributed by atoms with Crippen LogP contribution in [0.5, 0.6) is 0 Å². The van der Waals surface area contributed by atoms with Gasteiger partial charge in [0.2, 0.25) is 0 Å². The number of aliphatic hydroxyl groups is 1. The number of hydrogen-bond donors (Lipinski definition) is 1. The van der Waals surface area contributed by atoms with E-state index in [2.05, 4.69) is 23.6 Å². The molecule has 2 unspecified atom stereocenters. The van der Waals surface area contributed by atoms with Gasteiger partial charge >= 0.3 is 0 Å². The first-order chi connectivity index (χ1) is 8.76. The summed E-state index contributed by atoms with van der Waals surface area (Å²) in [7, 11) is 0. The average Bonchev–Trinajstić information content (AvgIpc) is 2.87. The van der Waals surface area contributed by atoms with Gasteiger partial charge in [0.25, 0.3) is 0 Å². The van der Waals surface area contributed by atoms with Crippen LogP contribution in [0.3, 0.4) is 0 Å². The number of furan rings is 1. The molecule has 1 saturated heterocycles. The highest BCUT2D eigenvalue weighted by Crippen LogP contribution is 2.25. The minimum atomic E-state index is -0.00113. The Kier molecular flexibility index (Phi) is 4.80. The van der Waals surface area contributed by atoms with E-state index in [9.17, 15) is 5.11 Å². The van der Waals surface area contributed by atoms with Crippen molar-refractivity contribution in [2.75, 3.05) is 32.8 Å². The quantitative estimate of drug-likeness (QED) is 0.866. The first-order valence-electron chi connectivity index (χ1n) is 6.88. The van der Waals surface area contributed by atoms with Crippen LogP contribution >= 0.6 is 0 Å². The zero-order valence-electron chi connectivity index (χ0n) is 11.4. The molecule has 2 rings (SSSR count). The molecule has 1 aliphatic rings. The van der Waals surface area contributed by atoms with Crippen LogP contribution in [0.15, 0.2) is 22.8 Å². The van der Waals surface area contributed by atoms with E-state index in [-0.39, 0.29) is 12.6 Å². The Hall–Kier alpha value is -0.840. The van der Waals surface area contributed by atoms with E-state index in [1.54, 1.807) is 6.26 Å². The average molecular weight is 252 g/mol. The summed E-state index contributed by atoms with van der Waals surface area (Å²) >= 11 is 0. The van der Waals surface area contributed by atoms with Gasteiger partial charge in [0.1, 0.15) is 5.76 Å². The topological polar surface area (TPSA) is 39.9 Å². The fraction of sp³-hybridized carbons (Fsp3) is 0.714. The third kappa shape index (κ3) is 2.94. The molecule has 0 bridgehead atoms. The molecule has 0 spiro atoms. The molecule has 2 atom stereocenters. The second-order valence-corrected chi connectivity index (χ2v) is 5.10. The summed E-state index contributed by atoms with van der Waals surface area (Å²) in [5.41, 5.74) is 0. The molecule has 0 aliphatic carbocycles. The summed E-state index contributed by atoms with van der Waals surface area (Å²) in [6.45, 7) is 8.88. The molecule has 0 aromatic carbocycles. The van der Waals surface area contributed by atoms with E-state index < -0.39 is 0 Å². The van der Waals surface area contributed by atoms with Crippen molar-refractivity contribution in [3.05, 3.63) is 24.2 Å². The number of nitrogens with zero attached hydrogens (tertiary/aromatic N) is 2. The van der Waals surface area contributed by atoms with E-state index in [1.807, 2.05) is 12.1 Å². The first-order valence-corrected chi connectivity index (χ1v) is 6.88. The molecule has 0 radical (unpaired) electrons. The Labute approximate surface area is 109 Å². The lowest BCUT2D eigenvalue weighted by atomic mass is 10.1. The van der Waals surface area contributed by atoms with Crippen LogP contribution in [0, 0.1) is 0 Å². The first kappa shape index (κ1) is 13.6. The van der Waals surface area contributed by atoms with Crippen LogP contribution in [0.25, 0.3) is 0 Å². The van der Waals surface area contributed by atoms with Crippen LogP contribution in [0.1, 0.15) is 32.1 Å². The molecule has 0 saturated carbocycles. The van der Waals surface area contributed by atoms with Crippen LogP contribution < -0.4 is 0 Å². The van der Waals surface area contributed by atoms with E-state index >= 15 is 0 Å². The van der Waals surface area contributed by atoms with Gasteiger partial charge in [-0.25, -0.2) is 0 Å². The van der Waals surface area contributed by atoms with Crippen molar-refractivity contribution in [1.29, 1.82) is 0 Å². The molecular formula is C14H24N2O2. The van der Waals surface area contributed by atoms with Gasteiger partial charge in [0, 0.05) is 25.7 Å². The molecule has 18 heavy (non-hydrogen) atoms. The van der Waals surface area contributed by atoms with Crippen molar-refractivity contribution >= 4 is 0 Å². The van der Waals surface area contributed by atoms with Crippen molar-refractivity contribution < 1.29 is 9.52 Å². The maximum Gasteiger partial charge on any atom is 0.123 e. The molecule has 1 fully saturated rings. The summed E-state index contributed by atoms with van der Waals surface area (Å²) in [5.74, 6) is 0.869. The van der Waals surface area contributed by atoms with Gasteiger partial charge in [-0.15, -0.1) is 0 Å². The van der Waals surface area contributed by atoms with Gasteiger partial charge in [0.05, 0.1) is 18.9 Å². The normalized spacial score (nSPS) is 24.3. The van der Waals surface area contributed by atoms with Crippen molar-refractivity contribution in [3.8, 4) is 0 Å². The van der Waals surface area contributed by atoms with Gasteiger partial charge in [-0.1, -0.05) is 6.92 Å². The van der Waals surface area contributed by atoms with Crippen LogP contribution in [-0.4, -0.2) is 53.7 Å². The lowest BCUT2D eigenvalue weighted by molar-refractivity contribution is 0.0171. The summed E-state index contributed by atoms with van der Waals surface area (Å²) < 4.78 is 5.45. The standard InChI is InChI=1S/C14H24N2O2/c1-3-6-15-7-8-16(12(2)10-15)13(11-17)14-5-4-9-18-14/h4-5,9,12-13,17H,3,6-8,10-11H2,1-2H3. The Morgan fingerprint density at radius 1 is 1.50 bits per heavy atom. The highest BCUT2D eigenvalue weighted by atomic mass is 16.3. The lowest BCUT2D eigenvalue weighted by Gasteiger charge is -2.42. The third-order valence-corrected chi connectivity index (χ3v) is 3.75. The zero-order valence-corrected chi connectivity index (χ0v) is 11.4. The van der Waals surface area contributed by atoms with Gasteiger partial charge in [-0.3, -0.25) is 4.90 Å². The SMILES string of the molecule is CCCN1CCN(C(CO)c2ccco2)C(C)C1. The van der Waals surface area contributed by atoms with Crippen LogP contribution in [0.4, 0.5) is 0 Å². The highest BCUT2D eigenvalue weighted by Gasteiger charge is 2.30. The molecule has 102 valence electrons. The van der Waals surface area contributed by atoms with Crippen molar-refractivity contribution in [2.45, 2.75) is 32.4 Å². The number of piperazine rings is 1. The predicted molar refractivity (Wildman–Crippen MR) is 71.4 cm³/mol. The molecule has 1 N–H and O–H groups in total. The largest absolute Gasteiger partial charge is 0.468 e. The minimum Gasteiger partial charge on any atom is -0.468 e. The second kappa shape index (κ2) is 6.36. The maximum absolute atomic E-state index is 9.62. The van der Waals surface area contributed by atoms with Crippen molar-refractivity contribution in [2.24, 2.45) is 0 Å². The van der Waals surface area contributed by atoms with Crippen molar-refractivity contribution in [3.63, 3.8) is 0 Å². The fourth-order valence-electron chi connectivity index (χ4n) is 2.87. The third-order valence-electron chi connectivity index (χ3n) is 3.75. The van der Waals surface area contributed by atoms with E-state index in [0.717, 1.165) is 25.4 Å². The molecule has 0 amide bonds. The van der Waals surface area contributed by atoms with E-state index in [0.29, 0.717) is 6.04 Å². The second-order valence-electron chi connectivity index (χ2n) is 5.10. The molecule has 1 aromatic rings. The smallest absolute Gasteiger partial charge is 0.123 e. The number of hydrogen-bond acceptors (Lipinski definition) is 4. The minimum absolute atomic E-state index is 0.00113. The fourth-order valence-corrected chi connectivity index (χ4v) is 2.87. The van der Waals surface area contributed by atoms with E-state index in [1.165, 1.54) is 13.0 Å². The van der Waals surface area contributed by atoms with Gasteiger partial charge in [-0.05, 0) is 32.0 Å². The highest BCUT2D eigenvalue weighted by molar-refractivity contribution is 5.06. The molecule has 1 aromatic heterocycles. The molecule has 2 heterocycles. The maximum atomic E-state index is 9.62. The molecular weight excluding hydrogens is 228 g/mol. The number of aliphatic hydroxyl groups excluding tert-OH is 1. The Bertz CT molecular complexity index is 340. The Morgan fingerprint density at radius 3 is 2.89 bits per heavy atom. The molecule has 4 heteroatoms. The molecule has 4 nitrogen and oxygen atoms in total. The summed E-state index contributed by atoms with van der Waals surface area (Å²) in [5, 5.41) is 9.62. The Morgan fingerprint density at radius 2 is 2.33 bits per heavy atom. The Balaban J connectivity index is 2.00. The monoisotopic (exact) mass is 252 g/mol. The zero-order chi connectivity index (χ0) is 13.0. The summed E-state index contributed by atoms with van der Waals surface area (Å²) in [6, 6.07) is 4.29. The molecule has 1 aliphatic heterocycles. The summed E-state index contributed by atoms with van der Waals surface area (Å²) in [6.07, 6.45) is 2.88. The van der Waals surface area contributed by atoms with Crippen molar-refractivity contribution in [1.82, 2.24) is 9.80 Å². The van der Waals surface area contributed by atoms with Crippen LogP contribution in [-0.2, 0) is 0 Å². The van der Waals surface area contributed by atoms with Crippen LogP contribution in [0.2, 0.25) is 0 Å². The lowest BCUT2D eigenvalue weighted by Crippen LogP contribution is -2.53. The number of rotatable bonds is 5. The summed E-state index contributed by atoms with van der Waals surface area (Å²) in [4.78, 5) is 4.85.